The molecule has 1 fully saturated rings. The van der Waals surface area contributed by atoms with Gasteiger partial charge in [0.05, 0.1) is 6.10 Å². The van der Waals surface area contributed by atoms with Crippen LogP contribution in [0.15, 0.2) is 30.3 Å². The molecular weight excluding hydrogens is 248 g/mol. The van der Waals surface area contributed by atoms with Crippen LogP contribution in [0, 0.1) is 5.41 Å². The molecule has 2 nitrogen and oxygen atoms in total. The number of phenols is 1. The van der Waals surface area contributed by atoms with Crippen molar-refractivity contribution in [3.63, 3.8) is 0 Å². The van der Waals surface area contributed by atoms with E-state index in [1.807, 2.05) is 12.1 Å². The van der Waals surface area contributed by atoms with E-state index >= 15 is 0 Å². The third kappa shape index (κ3) is 1.49. The van der Waals surface area contributed by atoms with E-state index in [0.717, 1.165) is 31.1 Å². The molecule has 2 aliphatic rings. The van der Waals surface area contributed by atoms with Crippen molar-refractivity contribution in [2.24, 2.45) is 5.41 Å². The van der Waals surface area contributed by atoms with E-state index in [9.17, 15) is 10.2 Å². The van der Waals surface area contributed by atoms with Crippen LogP contribution in [0.2, 0.25) is 0 Å². The van der Waals surface area contributed by atoms with Gasteiger partial charge in [0, 0.05) is 5.41 Å². The fourth-order valence-electron chi connectivity index (χ4n) is 4.47. The maximum absolute atomic E-state index is 10.3. The number of benzene rings is 2. The van der Waals surface area contributed by atoms with Gasteiger partial charge in [-0.1, -0.05) is 25.1 Å². The number of phenolic OH excluding ortho intramolecular Hbond substituents is 1. The van der Waals surface area contributed by atoms with Gasteiger partial charge in [0.1, 0.15) is 5.75 Å². The highest BCUT2D eigenvalue weighted by molar-refractivity contribution is 5.88. The van der Waals surface area contributed by atoms with Crippen LogP contribution < -0.4 is 0 Å². The summed E-state index contributed by atoms with van der Waals surface area (Å²) in [6.45, 7) is 2.25. The molecule has 3 atom stereocenters. The van der Waals surface area contributed by atoms with Crippen molar-refractivity contribution < 1.29 is 10.2 Å². The van der Waals surface area contributed by atoms with Crippen molar-refractivity contribution in [1.29, 1.82) is 0 Å². The number of aliphatic hydroxyl groups excluding tert-OH is 1. The number of aryl methyl sites for hydroxylation is 1. The SMILES string of the molecule is C[C@]12CCc3c(ccc4cc(O)ccc34)[C@@H]1CCC2O. The number of aromatic hydroxyl groups is 1. The standard InChI is InChI=1S/C18H20O2/c1-18-9-8-14-13-5-3-12(19)10-11(13)2-4-15(14)16(18)6-7-17(18)20/h2-5,10,16-17,19-20H,6-9H2,1H3/t16-,17?,18-/m0/s1. The van der Waals surface area contributed by atoms with E-state index in [0.29, 0.717) is 11.7 Å². The molecule has 0 bridgehead atoms. The van der Waals surface area contributed by atoms with Crippen LogP contribution >= 0.6 is 0 Å². The fraction of sp³-hybridized carbons (Fsp3) is 0.444. The lowest BCUT2D eigenvalue weighted by Crippen LogP contribution is -2.35. The molecule has 2 aromatic rings. The third-order valence-electron chi connectivity index (χ3n) is 5.73. The second-order valence-electron chi connectivity index (χ2n) is 6.69. The summed E-state index contributed by atoms with van der Waals surface area (Å²) >= 11 is 0. The molecule has 0 aliphatic heterocycles. The van der Waals surface area contributed by atoms with Crippen molar-refractivity contribution in [2.45, 2.75) is 44.6 Å². The molecule has 1 unspecified atom stereocenters. The number of rotatable bonds is 0. The Bertz CT molecular complexity index is 691. The normalized spacial score (nSPS) is 32.1. The van der Waals surface area contributed by atoms with Gasteiger partial charge in [0.25, 0.3) is 0 Å². The van der Waals surface area contributed by atoms with Gasteiger partial charge in [-0.2, -0.15) is 0 Å². The van der Waals surface area contributed by atoms with E-state index < -0.39 is 0 Å². The second-order valence-corrected chi connectivity index (χ2v) is 6.69. The second kappa shape index (κ2) is 3.98. The molecule has 2 aromatic carbocycles. The minimum absolute atomic E-state index is 0.0532. The van der Waals surface area contributed by atoms with Gasteiger partial charge >= 0.3 is 0 Å². The van der Waals surface area contributed by atoms with Crippen LogP contribution in [-0.2, 0) is 6.42 Å². The summed E-state index contributed by atoms with van der Waals surface area (Å²) in [4.78, 5) is 0. The lowest BCUT2D eigenvalue weighted by molar-refractivity contribution is 0.0459. The van der Waals surface area contributed by atoms with E-state index in [4.69, 9.17) is 0 Å². The summed E-state index contributed by atoms with van der Waals surface area (Å²) in [5.74, 6) is 0.814. The van der Waals surface area contributed by atoms with Crippen molar-refractivity contribution in [1.82, 2.24) is 0 Å². The van der Waals surface area contributed by atoms with Gasteiger partial charge in [0.15, 0.2) is 0 Å². The van der Waals surface area contributed by atoms with Crippen LogP contribution in [-0.4, -0.2) is 16.3 Å². The zero-order valence-electron chi connectivity index (χ0n) is 11.8. The highest BCUT2D eigenvalue weighted by atomic mass is 16.3. The average molecular weight is 268 g/mol. The number of hydrogen-bond acceptors (Lipinski definition) is 2. The molecule has 0 radical (unpaired) electrons. The molecule has 0 heterocycles. The number of hydrogen-bond donors (Lipinski definition) is 2. The van der Waals surface area contributed by atoms with Crippen molar-refractivity contribution in [2.75, 3.05) is 0 Å². The Morgan fingerprint density at radius 1 is 1.15 bits per heavy atom. The van der Waals surface area contributed by atoms with E-state index in [-0.39, 0.29) is 11.5 Å². The quantitative estimate of drug-likeness (QED) is 0.764. The first kappa shape index (κ1) is 12.2. The number of fused-ring (bicyclic) bond motifs is 5. The minimum atomic E-state index is -0.156. The van der Waals surface area contributed by atoms with Crippen LogP contribution in [0.3, 0.4) is 0 Å². The first-order chi connectivity index (χ1) is 9.59. The summed E-state index contributed by atoms with van der Waals surface area (Å²) in [6, 6.07) is 9.99. The van der Waals surface area contributed by atoms with Crippen molar-refractivity contribution >= 4 is 10.8 Å². The van der Waals surface area contributed by atoms with Crippen molar-refractivity contribution in [3.05, 3.63) is 41.5 Å². The first-order valence-electron chi connectivity index (χ1n) is 7.52. The molecule has 104 valence electrons. The Morgan fingerprint density at radius 2 is 2.00 bits per heavy atom. The summed E-state index contributed by atoms with van der Waals surface area (Å²) < 4.78 is 0. The highest BCUT2D eigenvalue weighted by Crippen LogP contribution is 2.56. The summed E-state index contributed by atoms with van der Waals surface area (Å²) in [5, 5.41) is 22.3. The van der Waals surface area contributed by atoms with E-state index in [1.165, 1.54) is 16.5 Å². The van der Waals surface area contributed by atoms with Crippen molar-refractivity contribution in [3.8, 4) is 5.75 Å². The Hall–Kier alpha value is -1.54. The lowest BCUT2D eigenvalue weighted by atomic mass is 9.65. The molecular formula is C18H20O2. The fourth-order valence-corrected chi connectivity index (χ4v) is 4.47. The van der Waals surface area contributed by atoms with Gasteiger partial charge < -0.3 is 10.2 Å². The molecule has 2 N–H and O–H groups in total. The molecule has 20 heavy (non-hydrogen) atoms. The monoisotopic (exact) mass is 268 g/mol. The molecule has 0 saturated heterocycles. The lowest BCUT2D eigenvalue weighted by Gasteiger charge is -2.40. The zero-order valence-corrected chi connectivity index (χ0v) is 11.8. The Kier molecular flexibility index (Phi) is 2.43. The van der Waals surface area contributed by atoms with E-state index in [2.05, 4.69) is 19.1 Å². The van der Waals surface area contributed by atoms with Gasteiger partial charge in [-0.05, 0) is 65.6 Å². The summed E-state index contributed by atoms with van der Waals surface area (Å²) in [7, 11) is 0. The van der Waals surface area contributed by atoms with E-state index in [1.54, 1.807) is 6.07 Å². The maximum atomic E-state index is 10.3. The smallest absolute Gasteiger partial charge is 0.116 e. The molecule has 2 heteroatoms. The molecule has 1 saturated carbocycles. The Morgan fingerprint density at radius 3 is 2.85 bits per heavy atom. The van der Waals surface area contributed by atoms with Crippen LogP contribution in [0.5, 0.6) is 5.75 Å². The average Bonchev–Trinajstić information content (AvgIpc) is 2.74. The predicted molar refractivity (Wildman–Crippen MR) is 80.0 cm³/mol. The largest absolute Gasteiger partial charge is 0.508 e. The Labute approximate surface area is 119 Å². The molecule has 0 aromatic heterocycles. The highest BCUT2D eigenvalue weighted by Gasteiger charge is 2.48. The minimum Gasteiger partial charge on any atom is -0.508 e. The molecule has 4 rings (SSSR count). The molecule has 2 aliphatic carbocycles. The Balaban J connectivity index is 1.93. The van der Waals surface area contributed by atoms with Gasteiger partial charge in [-0.15, -0.1) is 0 Å². The topological polar surface area (TPSA) is 40.5 Å². The third-order valence-corrected chi connectivity index (χ3v) is 5.73. The van der Waals surface area contributed by atoms with Crippen LogP contribution in [0.25, 0.3) is 10.8 Å². The zero-order chi connectivity index (χ0) is 13.9. The molecule has 0 amide bonds. The summed E-state index contributed by atoms with van der Waals surface area (Å²) in [6.07, 6.45) is 3.95. The van der Waals surface area contributed by atoms with Crippen LogP contribution in [0.1, 0.15) is 43.2 Å². The summed E-state index contributed by atoms with van der Waals surface area (Å²) in [5.41, 5.74) is 2.91. The predicted octanol–water partition coefficient (Wildman–Crippen LogP) is 3.74. The van der Waals surface area contributed by atoms with Crippen LogP contribution in [0.4, 0.5) is 0 Å². The van der Waals surface area contributed by atoms with Gasteiger partial charge in [-0.3, -0.25) is 0 Å². The van der Waals surface area contributed by atoms with Gasteiger partial charge in [-0.25, -0.2) is 0 Å². The van der Waals surface area contributed by atoms with Gasteiger partial charge in [0.2, 0.25) is 0 Å². The first-order valence-corrected chi connectivity index (χ1v) is 7.52. The molecule has 0 spiro atoms. The maximum Gasteiger partial charge on any atom is 0.116 e. The number of aliphatic hydroxyl groups is 1.